The second-order valence-electron chi connectivity index (χ2n) is 4.37. The Morgan fingerprint density at radius 2 is 1.80 bits per heavy atom. The molecule has 0 bridgehead atoms. The smallest absolute Gasteiger partial charge is 0.351 e. The number of carboxylic acid groups (broad SMARTS) is 1. The van der Waals surface area contributed by atoms with Gasteiger partial charge in [-0.2, -0.15) is 17.6 Å². The number of benzene rings is 1. The van der Waals surface area contributed by atoms with Crippen LogP contribution >= 0.6 is 0 Å². The van der Waals surface area contributed by atoms with Crippen molar-refractivity contribution in [3.63, 3.8) is 0 Å². The molecule has 0 saturated heterocycles. The number of rotatable bonds is 3. The van der Waals surface area contributed by atoms with Gasteiger partial charge in [-0.25, -0.2) is 9.78 Å². The second kappa shape index (κ2) is 4.43. The molecular formula is C13H9F4NO2. The number of pyridine rings is 1. The van der Waals surface area contributed by atoms with Crippen LogP contribution in [0.3, 0.4) is 0 Å². The maximum absolute atomic E-state index is 13.5. The Morgan fingerprint density at radius 1 is 1.15 bits per heavy atom. The molecule has 1 aromatic heterocycles. The average molecular weight is 287 g/mol. The van der Waals surface area contributed by atoms with Crippen LogP contribution in [0, 0.1) is 0 Å². The highest BCUT2D eigenvalue weighted by Gasteiger charge is 2.54. The molecule has 0 aliphatic carbocycles. The molecule has 0 spiro atoms. The maximum atomic E-state index is 13.5. The van der Waals surface area contributed by atoms with E-state index >= 15 is 0 Å². The van der Waals surface area contributed by atoms with E-state index in [4.69, 9.17) is 5.11 Å². The molecule has 2 rings (SSSR count). The molecule has 1 N–H and O–H groups in total. The van der Waals surface area contributed by atoms with Gasteiger partial charge < -0.3 is 5.11 Å². The van der Waals surface area contributed by atoms with Crippen LogP contribution in [0.25, 0.3) is 10.9 Å². The van der Waals surface area contributed by atoms with Gasteiger partial charge in [0.05, 0.1) is 11.1 Å². The minimum absolute atomic E-state index is 0.0245. The van der Waals surface area contributed by atoms with Gasteiger partial charge in [-0.15, -0.1) is 0 Å². The fourth-order valence-electron chi connectivity index (χ4n) is 1.66. The van der Waals surface area contributed by atoms with Crippen molar-refractivity contribution in [2.24, 2.45) is 0 Å². The summed E-state index contributed by atoms with van der Waals surface area (Å²) in [5, 5.41) is 9.08. The topological polar surface area (TPSA) is 50.2 Å². The van der Waals surface area contributed by atoms with E-state index in [1.807, 2.05) is 0 Å². The van der Waals surface area contributed by atoms with Crippen molar-refractivity contribution in [2.75, 3.05) is 0 Å². The van der Waals surface area contributed by atoms with Crippen molar-refractivity contribution in [1.82, 2.24) is 4.98 Å². The fraction of sp³-hybridized carbons (Fsp3) is 0.231. The Balaban J connectivity index is 2.56. The van der Waals surface area contributed by atoms with E-state index in [1.54, 1.807) is 0 Å². The van der Waals surface area contributed by atoms with E-state index in [2.05, 4.69) is 4.98 Å². The molecule has 0 aliphatic rings. The SMILES string of the molecule is CC(F)(F)C(F)(F)c1ccc2cc(C(=O)O)ccc2n1. The first-order chi connectivity index (χ1) is 9.13. The molecule has 0 unspecified atom stereocenters. The number of hydrogen-bond acceptors (Lipinski definition) is 2. The number of hydrogen-bond donors (Lipinski definition) is 1. The van der Waals surface area contributed by atoms with E-state index in [0.29, 0.717) is 0 Å². The normalized spacial score (nSPS) is 12.7. The van der Waals surface area contributed by atoms with Crippen LogP contribution in [0.2, 0.25) is 0 Å². The minimum Gasteiger partial charge on any atom is -0.478 e. The van der Waals surface area contributed by atoms with Gasteiger partial charge in [0.15, 0.2) is 0 Å². The number of aromatic carboxylic acids is 1. The number of halogens is 4. The van der Waals surface area contributed by atoms with Crippen molar-refractivity contribution < 1.29 is 27.5 Å². The summed E-state index contributed by atoms with van der Waals surface area (Å²) in [6.45, 7) is 0.117. The van der Waals surface area contributed by atoms with E-state index in [-0.39, 0.29) is 23.4 Å². The van der Waals surface area contributed by atoms with Crippen LogP contribution in [0.15, 0.2) is 30.3 Å². The maximum Gasteiger partial charge on any atom is 0.351 e. The third kappa shape index (κ3) is 2.31. The molecule has 0 amide bonds. The lowest BCUT2D eigenvalue weighted by Crippen LogP contribution is -2.35. The Kier molecular flexibility index (Phi) is 3.15. The first-order valence-electron chi connectivity index (χ1n) is 5.53. The van der Waals surface area contributed by atoms with Crippen LogP contribution in [-0.2, 0) is 5.92 Å². The van der Waals surface area contributed by atoms with Crippen molar-refractivity contribution in [2.45, 2.75) is 18.8 Å². The van der Waals surface area contributed by atoms with Gasteiger partial charge >= 0.3 is 17.8 Å². The van der Waals surface area contributed by atoms with E-state index in [9.17, 15) is 22.4 Å². The number of nitrogens with zero attached hydrogens (tertiary/aromatic N) is 1. The highest BCUT2D eigenvalue weighted by Crippen LogP contribution is 2.41. The molecule has 0 radical (unpaired) electrons. The summed E-state index contributed by atoms with van der Waals surface area (Å²) < 4.78 is 52.8. The number of alkyl halides is 4. The van der Waals surface area contributed by atoms with Gasteiger partial charge in [0.25, 0.3) is 0 Å². The molecule has 0 fully saturated rings. The van der Waals surface area contributed by atoms with Crippen LogP contribution in [0.1, 0.15) is 23.0 Å². The molecule has 0 aliphatic heterocycles. The van der Waals surface area contributed by atoms with Crippen molar-refractivity contribution >= 4 is 16.9 Å². The lowest BCUT2D eigenvalue weighted by Gasteiger charge is -2.22. The largest absolute Gasteiger partial charge is 0.478 e. The Hall–Kier alpha value is -2.18. The van der Waals surface area contributed by atoms with Crippen molar-refractivity contribution in [1.29, 1.82) is 0 Å². The molecule has 3 nitrogen and oxygen atoms in total. The molecule has 0 atom stereocenters. The summed E-state index contributed by atoms with van der Waals surface area (Å²) in [7, 11) is 0. The zero-order valence-electron chi connectivity index (χ0n) is 10.2. The fourth-order valence-corrected chi connectivity index (χ4v) is 1.66. The molecular weight excluding hydrogens is 278 g/mol. The minimum atomic E-state index is -4.40. The van der Waals surface area contributed by atoms with Gasteiger partial charge in [-0.3, -0.25) is 0 Å². The third-order valence-electron chi connectivity index (χ3n) is 2.81. The quantitative estimate of drug-likeness (QED) is 0.876. The number of carboxylic acids is 1. The van der Waals surface area contributed by atoms with Crippen molar-refractivity contribution in [3.05, 3.63) is 41.6 Å². The van der Waals surface area contributed by atoms with Gasteiger partial charge in [0, 0.05) is 12.3 Å². The predicted octanol–water partition coefficient (Wildman–Crippen LogP) is 3.68. The lowest BCUT2D eigenvalue weighted by molar-refractivity contribution is -0.206. The zero-order chi connectivity index (χ0) is 15.1. The average Bonchev–Trinajstić information content (AvgIpc) is 2.36. The number of aromatic nitrogens is 1. The number of fused-ring (bicyclic) bond motifs is 1. The first kappa shape index (κ1) is 14.2. The Labute approximate surface area is 110 Å². The summed E-state index contributed by atoms with van der Waals surface area (Å²) in [5.41, 5.74) is -1.07. The standard InChI is InChI=1S/C13H9F4NO2/c1-12(14,15)13(16,17)10-5-3-7-6-8(11(19)20)2-4-9(7)18-10/h2-6H,1H3,(H,19,20). The van der Waals surface area contributed by atoms with Crippen LogP contribution in [0.4, 0.5) is 17.6 Å². The van der Waals surface area contributed by atoms with Crippen molar-refractivity contribution in [3.8, 4) is 0 Å². The summed E-state index contributed by atoms with van der Waals surface area (Å²) >= 11 is 0. The molecule has 1 heterocycles. The highest BCUT2D eigenvalue weighted by molar-refractivity contribution is 5.93. The van der Waals surface area contributed by atoms with Crippen LogP contribution in [-0.4, -0.2) is 22.0 Å². The summed E-state index contributed by atoms with van der Waals surface area (Å²) in [5.74, 6) is -9.82. The van der Waals surface area contributed by atoms with Gasteiger partial charge in [0.1, 0.15) is 5.69 Å². The van der Waals surface area contributed by atoms with E-state index in [0.717, 1.165) is 12.1 Å². The second-order valence-corrected chi connectivity index (χ2v) is 4.37. The molecule has 2 aromatic rings. The van der Waals surface area contributed by atoms with E-state index in [1.165, 1.54) is 18.2 Å². The molecule has 7 heteroatoms. The summed E-state index contributed by atoms with van der Waals surface area (Å²) in [6, 6.07) is 5.52. The monoisotopic (exact) mass is 287 g/mol. The van der Waals surface area contributed by atoms with Gasteiger partial charge in [-0.1, -0.05) is 6.07 Å². The Morgan fingerprint density at radius 3 is 2.35 bits per heavy atom. The molecule has 20 heavy (non-hydrogen) atoms. The third-order valence-corrected chi connectivity index (χ3v) is 2.81. The lowest BCUT2D eigenvalue weighted by atomic mass is 10.1. The zero-order valence-corrected chi connectivity index (χ0v) is 10.2. The first-order valence-corrected chi connectivity index (χ1v) is 5.53. The highest BCUT2D eigenvalue weighted by atomic mass is 19.3. The van der Waals surface area contributed by atoms with Gasteiger partial charge in [-0.05, 0) is 24.3 Å². The number of carbonyl (C=O) groups is 1. The van der Waals surface area contributed by atoms with Crippen LogP contribution in [0.5, 0.6) is 0 Å². The molecule has 1 aromatic carbocycles. The van der Waals surface area contributed by atoms with Gasteiger partial charge in [0.2, 0.25) is 0 Å². The molecule has 106 valence electrons. The predicted molar refractivity (Wildman–Crippen MR) is 63.2 cm³/mol. The Bertz CT molecular complexity index is 680. The van der Waals surface area contributed by atoms with E-state index < -0.39 is 23.5 Å². The molecule has 0 saturated carbocycles. The van der Waals surface area contributed by atoms with Crippen LogP contribution < -0.4 is 0 Å². The summed E-state index contributed by atoms with van der Waals surface area (Å²) in [4.78, 5) is 14.3. The summed E-state index contributed by atoms with van der Waals surface area (Å²) in [6.07, 6.45) is 0.